The van der Waals surface area contributed by atoms with Gasteiger partial charge in [0.2, 0.25) is 0 Å². The minimum Gasteiger partial charge on any atom is -0.487 e. The molecule has 0 spiro atoms. The first-order valence-corrected chi connectivity index (χ1v) is 16.5. The number of piperidine rings is 1. The number of ether oxygens (including phenoxy) is 3. The number of para-hydroxylation sites is 1. The Balaban J connectivity index is 1.15. The normalized spacial score (nSPS) is 23.5. The molecule has 0 saturated carbocycles. The second-order valence-electron chi connectivity index (χ2n) is 11.9. The smallest absolute Gasteiger partial charge is 0.309 e. The topological polar surface area (TPSA) is 84.4 Å². The standard InChI is InChI=1S/C33H40ClN3O5S/c1-21-17-36(24-10-14-41-15-11-24)12-8-23-7-6-22(16-27(21)23)19-42-31-25(4-3-5-28(31)34)29-20-43-33(35-29)37-13-9-26(32(38)39)30(18-37)40-2/h3-7,16,20-21,24,26,30H,8-15,17-19H2,1-2H3,(H,38,39)/t21-,26+,30-/m1/s1. The van der Waals surface area contributed by atoms with Crippen LogP contribution < -0.4 is 9.64 Å². The number of rotatable bonds is 8. The van der Waals surface area contributed by atoms with E-state index in [0.717, 1.165) is 67.5 Å². The van der Waals surface area contributed by atoms with Crippen molar-refractivity contribution in [2.75, 3.05) is 51.4 Å². The van der Waals surface area contributed by atoms with Crippen LogP contribution in [0.25, 0.3) is 11.3 Å². The second-order valence-corrected chi connectivity index (χ2v) is 13.1. The van der Waals surface area contributed by atoms with E-state index in [1.165, 1.54) is 22.5 Å². The summed E-state index contributed by atoms with van der Waals surface area (Å²) < 4.78 is 17.5. The Morgan fingerprint density at radius 1 is 1.16 bits per heavy atom. The third-order valence-corrected chi connectivity index (χ3v) is 10.4. The number of hydrogen-bond donors (Lipinski definition) is 1. The fraction of sp³-hybridized carbons (Fsp3) is 0.515. The Bertz CT molecular complexity index is 1430. The number of nitrogens with zero attached hydrogens (tertiary/aromatic N) is 3. The lowest BCUT2D eigenvalue weighted by Gasteiger charge is -2.35. The SMILES string of the molecule is CO[C@@H]1CN(c2nc(-c3cccc(Cl)c3OCc3ccc4c(c3)[C@H](C)CN(C3CCOCC3)CC4)cs2)CC[C@@H]1C(=O)O. The van der Waals surface area contributed by atoms with Crippen LogP contribution >= 0.6 is 22.9 Å². The number of methoxy groups -OCH3 is 1. The molecule has 8 nitrogen and oxygen atoms in total. The van der Waals surface area contributed by atoms with Crippen LogP contribution in [-0.4, -0.2) is 79.6 Å². The van der Waals surface area contributed by atoms with Crippen LogP contribution in [-0.2, 0) is 27.3 Å². The van der Waals surface area contributed by atoms with E-state index in [1.807, 2.05) is 23.6 Å². The Morgan fingerprint density at radius 2 is 2.00 bits per heavy atom. The quantitative estimate of drug-likeness (QED) is 0.321. The monoisotopic (exact) mass is 625 g/mol. The van der Waals surface area contributed by atoms with Crippen LogP contribution in [0.15, 0.2) is 41.8 Å². The van der Waals surface area contributed by atoms with Gasteiger partial charge >= 0.3 is 5.97 Å². The first-order chi connectivity index (χ1) is 20.9. The fourth-order valence-corrected chi connectivity index (χ4v) is 7.86. The molecule has 0 bridgehead atoms. The summed E-state index contributed by atoms with van der Waals surface area (Å²) in [6.45, 7) is 7.77. The zero-order valence-corrected chi connectivity index (χ0v) is 26.4. The summed E-state index contributed by atoms with van der Waals surface area (Å²) in [6.07, 6.45) is 3.45. The summed E-state index contributed by atoms with van der Waals surface area (Å²) in [4.78, 5) is 21.3. The highest BCUT2D eigenvalue weighted by Crippen LogP contribution is 2.39. The molecule has 0 radical (unpaired) electrons. The lowest BCUT2D eigenvalue weighted by molar-refractivity contribution is -0.147. The summed E-state index contributed by atoms with van der Waals surface area (Å²) in [7, 11) is 1.57. The van der Waals surface area contributed by atoms with Gasteiger partial charge in [0.25, 0.3) is 0 Å². The summed E-state index contributed by atoms with van der Waals surface area (Å²) in [6, 6.07) is 13.1. The first-order valence-electron chi connectivity index (χ1n) is 15.2. The number of benzene rings is 2. The fourth-order valence-electron chi connectivity index (χ4n) is 6.77. The number of anilines is 1. The maximum absolute atomic E-state index is 11.6. The predicted octanol–water partition coefficient (Wildman–Crippen LogP) is 6.11. The van der Waals surface area contributed by atoms with E-state index < -0.39 is 11.9 Å². The van der Waals surface area contributed by atoms with Gasteiger partial charge < -0.3 is 24.2 Å². The maximum atomic E-state index is 11.6. The molecule has 3 aliphatic heterocycles. The molecule has 0 aliphatic carbocycles. The molecule has 230 valence electrons. The molecule has 2 saturated heterocycles. The summed E-state index contributed by atoms with van der Waals surface area (Å²) >= 11 is 8.22. The van der Waals surface area contributed by atoms with E-state index in [-0.39, 0.29) is 6.10 Å². The number of carboxylic acids is 1. The van der Waals surface area contributed by atoms with Gasteiger partial charge in [0.15, 0.2) is 5.13 Å². The molecule has 3 atom stereocenters. The molecule has 1 N–H and O–H groups in total. The number of carbonyl (C=O) groups is 1. The maximum Gasteiger partial charge on any atom is 0.309 e. The molecule has 1 aromatic heterocycles. The van der Waals surface area contributed by atoms with Gasteiger partial charge in [-0.3, -0.25) is 9.69 Å². The van der Waals surface area contributed by atoms with Crippen LogP contribution in [0.5, 0.6) is 5.75 Å². The zero-order valence-electron chi connectivity index (χ0n) is 24.8. The van der Waals surface area contributed by atoms with E-state index >= 15 is 0 Å². The Hall–Kier alpha value is -2.69. The van der Waals surface area contributed by atoms with Crippen molar-refractivity contribution in [1.29, 1.82) is 0 Å². The minimum absolute atomic E-state index is 0.378. The molecular weight excluding hydrogens is 586 g/mol. The largest absolute Gasteiger partial charge is 0.487 e. The number of aromatic nitrogens is 1. The van der Waals surface area contributed by atoms with Crippen molar-refractivity contribution in [3.8, 4) is 17.0 Å². The molecule has 0 amide bonds. The Kier molecular flexibility index (Phi) is 9.54. The second kappa shape index (κ2) is 13.5. The highest BCUT2D eigenvalue weighted by molar-refractivity contribution is 7.14. The van der Waals surface area contributed by atoms with Crippen LogP contribution in [0, 0.1) is 5.92 Å². The summed E-state index contributed by atoms with van der Waals surface area (Å²) in [5, 5.41) is 12.9. The number of aliphatic carboxylic acids is 1. The van der Waals surface area contributed by atoms with E-state index in [1.54, 1.807) is 7.11 Å². The van der Waals surface area contributed by atoms with Crippen LogP contribution in [0.2, 0.25) is 5.02 Å². The molecule has 2 aromatic carbocycles. The number of fused-ring (bicyclic) bond motifs is 1. The van der Waals surface area contributed by atoms with Crippen molar-refractivity contribution in [2.24, 2.45) is 5.92 Å². The van der Waals surface area contributed by atoms with E-state index in [4.69, 9.17) is 30.8 Å². The number of thiazole rings is 1. The molecule has 0 unspecified atom stereocenters. The number of halogens is 1. The van der Waals surface area contributed by atoms with E-state index in [9.17, 15) is 9.90 Å². The Labute approximate surface area is 262 Å². The molecule has 10 heteroatoms. The predicted molar refractivity (Wildman–Crippen MR) is 170 cm³/mol. The molecule has 4 heterocycles. The number of hydrogen-bond acceptors (Lipinski definition) is 8. The van der Waals surface area contributed by atoms with Gasteiger partial charge in [0.1, 0.15) is 12.4 Å². The average molecular weight is 626 g/mol. The average Bonchev–Trinajstić information content (AvgIpc) is 3.46. The molecular formula is C33H40ClN3O5S. The van der Waals surface area contributed by atoms with Gasteiger partial charge in [0, 0.05) is 63.5 Å². The van der Waals surface area contributed by atoms with E-state index in [0.29, 0.717) is 48.8 Å². The van der Waals surface area contributed by atoms with Crippen molar-refractivity contribution in [3.05, 3.63) is 63.5 Å². The minimum atomic E-state index is -0.812. The van der Waals surface area contributed by atoms with Gasteiger partial charge in [-0.25, -0.2) is 4.98 Å². The van der Waals surface area contributed by atoms with Crippen molar-refractivity contribution in [1.82, 2.24) is 9.88 Å². The highest BCUT2D eigenvalue weighted by Gasteiger charge is 2.35. The van der Waals surface area contributed by atoms with Gasteiger partial charge in [-0.1, -0.05) is 42.8 Å². The van der Waals surface area contributed by atoms with Crippen LogP contribution in [0.3, 0.4) is 0 Å². The summed E-state index contributed by atoms with van der Waals surface area (Å²) in [5.74, 6) is -0.250. The van der Waals surface area contributed by atoms with Crippen molar-refractivity contribution in [3.63, 3.8) is 0 Å². The van der Waals surface area contributed by atoms with Crippen molar-refractivity contribution in [2.45, 2.75) is 57.3 Å². The van der Waals surface area contributed by atoms with Gasteiger partial charge in [0.05, 0.1) is 22.7 Å². The third kappa shape index (κ3) is 6.71. The summed E-state index contributed by atoms with van der Waals surface area (Å²) in [5.41, 5.74) is 5.61. The third-order valence-electron chi connectivity index (χ3n) is 9.19. The molecule has 3 aromatic rings. The van der Waals surface area contributed by atoms with Crippen molar-refractivity contribution >= 4 is 34.0 Å². The molecule has 6 rings (SSSR count). The van der Waals surface area contributed by atoms with E-state index in [2.05, 4.69) is 34.9 Å². The molecule has 2 fully saturated rings. The lowest BCUT2D eigenvalue weighted by Crippen LogP contribution is -2.47. The zero-order chi connectivity index (χ0) is 29.9. The molecule has 43 heavy (non-hydrogen) atoms. The van der Waals surface area contributed by atoms with Gasteiger partial charge in [-0.05, 0) is 60.4 Å². The van der Waals surface area contributed by atoms with Gasteiger partial charge in [-0.2, -0.15) is 0 Å². The van der Waals surface area contributed by atoms with Crippen LogP contribution in [0.1, 0.15) is 48.8 Å². The number of carboxylic acid groups (broad SMARTS) is 1. The van der Waals surface area contributed by atoms with Gasteiger partial charge in [-0.15, -0.1) is 11.3 Å². The Morgan fingerprint density at radius 3 is 2.79 bits per heavy atom. The highest BCUT2D eigenvalue weighted by atomic mass is 35.5. The molecule has 3 aliphatic rings. The van der Waals surface area contributed by atoms with Crippen molar-refractivity contribution < 1.29 is 24.1 Å². The lowest BCUT2D eigenvalue weighted by atomic mass is 9.93. The van der Waals surface area contributed by atoms with Crippen LogP contribution in [0.4, 0.5) is 5.13 Å². The first kappa shape index (κ1) is 30.3.